The molecule has 0 aliphatic carbocycles. The number of nitrogens with zero attached hydrogens (tertiary/aromatic N) is 2. The van der Waals surface area contributed by atoms with E-state index in [2.05, 4.69) is 26.2 Å². The summed E-state index contributed by atoms with van der Waals surface area (Å²) in [6.07, 6.45) is 0. The number of hydrogen-bond donors (Lipinski definition) is 1. The Hall–Kier alpha value is -2.52. The SMILES string of the molecule is CCn1c(S[C@H](C)C(=O)Nc2ccc3c(c2)OCO3)nc2ccc(Br)cc2c1=O. The second kappa shape index (κ2) is 8.08. The molecule has 1 amide bonds. The number of nitrogens with one attached hydrogen (secondary N) is 1. The van der Waals surface area contributed by atoms with Crippen LogP contribution in [0.5, 0.6) is 11.5 Å². The van der Waals surface area contributed by atoms with E-state index in [0.29, 0.717) is 39.8 Å². The molecule has 1 aromatic heterocycles. The van der Waals surface area contributed by atoms with Gasteiger partial charge in [-0.3, -0.25) is 14.2 Å². The van der Waals surface area contributed by atoms with Gasteiger partial charge in [0.2, 0.25) is 12.7 Å². The van der Waals surface area contributed by atoms with Crippen molar-refractivity contribution in [3.05, 3.63) is 51.2 Å². The van der Waals surface area contributed by atoms with Crippen molar-refractivity contribution >= 4 is 50.2 Å². The first-order chi connectivity index (χ1) is 14.0. The van der Waals surface area contributed by atoms with E-state index in [1.807, 2.05) is 13.0 Å². The van der Waals surface area contributed by atoms with E-state index < -0.39 is 5.25 Å². The van der Waals surface area contributed by atoms with Crippen LogP contribution >= 0.6 is 27.7 Å². The van der Waals surface area contributed by atoms with Crippen molar-refractivity contribution in [2.75, 3.05) is 12.1 Å². The van der Waals surface area contributed by atoms with Crippen LogP contribution in [0.25, 0.3) is 10.9 Å². The van der Waals surface area contributed by atoms with Crippen LogP contribution in [0, 0.1) is 0 Å². The van der Waals surface area contributed by atoms with E-state index in [1.165, 1.54) is 11.8 Å². The number of carbonyl (C=O) groups excluding carboxylic acids is 1. The van der Waals surface area contributed by atoms with Gasteiger partial charge >= 0.3 is 0 Å². The number of thioether (sulfide) groups is 1. The summed E-state index contributed by atoms with van der Waals surface area (Å²) < 4.78 is 13.0. The van der Waals surface area contributed by atoms with Crippen molar-refractivity contribution in [1.29, 1.82) is 0 Å². The van der Waals surface area contributed by atoms with E-state index in [9.17, 15) is 9.59 Å². The van der Waals surface area contributed by atoms with Gasteiger partial charge in [0.25, 0.3) is 5.56 Å². The summed E-state index contributed by atoms with van der Waals surface area (Å²) in [6, 6.07) is 10.6. The molecule has 1 atom stereocenters. The lowest BCUT2D eigenvalue weighted by atomic mass is 10.2. The zero-order valence-electron chi connectivity index (χ0n) is 15.8. The summed E-state index contributed by atoms with van der Waals surface area (Å²) in [7, 11) is 0. The van der Waals surface area contributed by atoms with Gasteiger partial charge < -0.3 is 14.8 Å². The molecule has 1 N–H and O–H groups in total. The summed E-state index contributed by atoms with van der Waals surface area (Å²) >= 11 is 4.64. The molecule has 9 heteroatoms. The van der Waals surface area contributed by atoms with Gasteiger partial charge in [-0.25, -0.2) is 4.98 Å². The normalized spacial score (nSPS) is 13.5. The summed E-state index contributed by atoms with van der Waals surface area (Å²) in [5, 5.41) is 3.47. The molecule has 3 aromatic rings. The zero-order chi connectivity index (χ0) is 20.5. The first-order valence-electron chi connectivity index (χ1n) is 9.03. The van der Waals surface area contributed by atoms with Crippen molar-refractivity contribution < 1.29 is 14.3 Å². The minimum atomic E-state index is -0.460. The Morgan fingerprint density at radius 3 is 2.86 bits per heavy atom. The molecule has 7 nitrogen and oxygen atoms in total. The van der Waals surface area contributed by atoms with Crippen molar-refractivity contribution in [3.63, 3.8) is 0 Å². The predicted octanol–water partition coefficient (Wildman–Crippen LogP) is 4.03. The van der Waals surface area contributed by atoms with E-state index >= 15 is 0 Å². The fourth-order valence-corrected chi connectivity index (χ4v) is 4.30. The summed E-state index contributed by atoms with van der Waals surface area (Å²) in [5.74, 6) is 1.07. The number of halogens is 1. The van der Waals surface area contributed by atoms with E-state index in [0.717, 1.165) is 4.47 Å². The molecular weight excluding hydrogens is 458 g/mol. The third-order valence-corrected chi connectivity index (χ3v) is 6.07. The minimum Gasteiger partial charge on any atom is -0.454 e. The highest BCUT2D eigenvalue weighted by atomic mass is 79.9. The van der Waals surface area contributed by atoms with E-state index in [4.69, 9.17) is 9.47 Å². The third-order valence-electron chi connectivity index (χ3n) is 4.49. The summed E-state index contributed by atoms with van der Waals surface area (Å²) in [5.41, 5.74) is 1.11. The van der Waals surface area contributed by atoms with Gasteiger partial charge in [0.1, 0.15) is 0 Å². The molecule has 0 saturated carbocycles. The minimum absolute atomic E-state index is 0.121. The lowest BCUT2D eigenvalue weighted by molar-refractivity contribution is -0.115. The summed E-state index contributed by atoms with van der Waals surface area (Å²) in [6.45, 7) is 4.31. The Balaban J connectivity index is 1.56. The van der Waals surface area contributed by atoms with Crippen molar-refractivity contribution in [2.24, 2.45) is 0 Å². The molecule has 0 fully saturated rings. The molecule has 0 unspecified atom stereocenters. The lowest BCUT2D eigenvalue weighted by Crippen LogP contribution is -2.26. The molecule has 29 heavy (non-hydrogen) atoms. The first kappa shape index (κ1) is 19.8. The molecule has 0 saturated heterocycles. The molecule has 4 rings (SSSR count). The second-order valence-electron chi connectivity index (χ2n) is 6.42. The molecule has 1 aliphatic rings. The van der Waals surface area contributed by atoms with Gasteiger partial charge in [0.15, 0.2) is 16.7 Å². The molecule has 0 radical (unpaired) electrons. The highest BCUT2D eigenvalue weighted by Crippen LogP contribution is 2.34. The number of fused-ring (bicyclic) bond motifs is 2. The Kier molecular flexibility index (Phi) is 5.51. The third kappa shape index (κ3) is 3.97. The fraction of sp³-hybridized carbons (Fsp3) is 0.250. The van der Waals surface area contributed by atoms with Crippen LogP contribution in [0.1, 0.15) is 13.8 Å². The average Bonchev–Trinajstić information content (AvgIpc) is 3.16. The van der Waals surface area contributed by atoms with Gasteiger partial charge in [-0.15, -0.1) is 0 Å². The van der Waals surface area contributed by atoms with Crippen LogP contribution in [0.15, 0.2) is 50.8 Å². The largest absolute Gasteiger partial charge is 0.454 e. The van der Waals surface area contributed by atoms with E-state index in [-0.39, 0.29) is 18.3 Å². The van der Waals surface area contributed by atoms with Gasteiger partial charge in [0, 0.05) is 22.8 Å². The van der Waals surface area contributed by atoms with Gasteiger partial charge in [-0.2, -0.15) is 0 Å². The molecular formula is C20H18BrN3O4S. The Labute approximate surface area is 179 Å². The van der Waals surface area contributed by atoms with Gasteiger partial charge in [0.05, 0.1) is 16.2 Å². The molecule has 1 aliphatic heterocycles. The highest BCUT2D eigenvalue weighted by molar-refractivity contribution is 9.10. The van der Waals surface area contributed by atoms with Crippen LogP contribution in [-0.4, -0.2) is 27.5 Å². The number of aromatic nitrogens is 2. The van der Waals surface area contributed by atoms with Crippen LogP contribution in [0.3, 0.4) is 0 Å². The van der Waals surface area contributed by atoms with Crippen LogP contribution in [-0.2, 0) is 11.3 Å². The smallest absolute Gasteiger partial charge is 0.262 e. The summed E-state index contributed by atoms with van der Waals surface area (Å²) in [4.78, 5) is 30.1. The second-order valence-corrected chi connectivity index (χ2v) is 8.65. The Morgan fingerprint density at radius 2 is 2.07 bits per heavy atom. The maximum absolute atomic E-state index is 12.8. The topological polar surface area (TPSA) is 82.5 Å². The number of anilines is 1. The number of benzene rings is 2. The lowest BCUT2D eigenvalue weighted by Gasteiger charge is -2.15. The number of hydrogen-bond acceptors (Lipinski definition) is 6. The quantitative estimate of drug-likeness (QED) is 0.443. The van der Waals surface area contributed by atoms with Crippen molar-refractivity contribution in [2.45, 2.75) is 30.8 Å². The van der Waals surface area contributed by atoms with Crippen LogP contribution in [0.4, 0.5) is 5.69 Å². The molecule has 0 bridgehead atoms. The number of amides is 1. The number of rotatable bonds is 5. The van der Waals surface area contributed by atoms with Gasteiger partial charge in [-0.05, 0) is 44.2 Å². The van der Waals surface area contributed by atoms with Crippen LogP contribution in [0.2, 0.25) is 0 Å². The average molecular weight is 476 g/mol. The molecule has 2 heterocycles. The Bertz CT molecular complexity index is 1160. The maximum atomic E-state index is 12.8. The number of carbonyl (C=O) groups is 1. The molecule has 2 aromatic carbocycles. The van der Waals surface area contributed by atoms with E-state index in [1.54, 1.807) is 41.8 Å². The Morgan fingerprint density at radius 1 is 1.28 bits per heavy atom. The first-order valence-corrected chi connectivity index (χ1v) is 10.7. The van der Waals surface area contributed by atoms with Gasteiger partial charge in [-0.1, -0.05) is 27.7 Å². The maximum Gasteiger partial charge on any atom is 0.262 e. The monoisotopic (exact) mass is 475 g/mol. The fourth-order valence-electron chi connectivity index (χ4n) is 2.97. The standard InChI is InChI=1S/C20H18BrN3O4S/c1-3-24-19(26)14-8-12(21)4-6-15(14)23-20(24)29-11(2)18(25)22-13-5-7-16-17(9-13)28-10-27-16/h4-9,11H,3,10H2,1-2H3,(H,22,25)/t11-/m1/s1. The predicted molar refractivity (Wildman–Crippen MR) is 116 cm³/mol. The molecule has 150 valence electrons. The van der Waals surface area contributed by atoms with Crippen LogP contribution < -0.4 is 20.3 Å². The zero-order valence-corrected chi connectivity index (χ0v) is 18.2. The highest BCUT2D eigenvalue weighted by Gasteiger charge is 2.20. The van der Waals surface area contributed by atoms with Crippen molar-refractivity contribution in [1.82, 2.24) is 9.55 Å². The van der Waals surface area contributed by atoms with Crippen molar-refractivity contribution in [3.8, 4) is 11.5 Å². The number of ether oxygens (including phenoxy) is 2. The molecule has 0 spiro atoms.